The van der Waals surface area contributed by atoms with E-state index in [1.54, 1.807) is 0 Å². The number of carbonyl (C=O) groups is 1. The highest BCUT2D eigenvalue weighted by Crippen LogP contribution is 2.18. The van der Waals surface area contributed by atoms with Gasteiger partial charge in [-0.1, -0.05) is 67.6 Å². The van der Waals surface area contributed by atoms with Gasteiger partial charge in [0.15, 0.2) is 0 Å². The Morgan fingerprint density at radius 1 is 1.05 bits per heavy atom. The maximum absolute atomic E-state index is 11.5. The summed E-state index contributed by atoms with van der Waals surface area (Å²) in [6.07, 6.45) is 3.35. The molecule has 0 atom stereocenters. The molecule has 0 bridgehead atoms. The summed E-state index contributed by atoms with van der Waals surface area (Å²) in [5.74, 6) is -0.0883. The van der Waals surface area contributed by atoms with Crippen molar-refractivity contribution in [1.82, 2.24) is 5.48 Å². The van der Waals surface area contributed by atoms with E-state index < -0.39 is 0 Å². The molecule has 0 spiro atoms. The molecule has 1 N–H and O–H groups in total. The first-order chi connectivity index (χ1) is 10.8. The largest absolute Gasteiger partial charge is 0.273 e. The number of nitrogens with one attached hydrogen (secondary N) is 1. The smallest absolute Gasteiger partial charge is 0.243 e. The van der Waals surface area contributed by atoms with Crippen LogP contribution in [0.15, 0.2) is 60.7 Å². The maximum atomic E-state index is 11.5. The fourth-order valence-electron chi connectivity index (χ4n) is 2.08. The zero-order chi connectivity index (χ0) is 15.6. The first kappa shape index (κ1) is 16.0. The van der Waals surface area contributed by atoms with Gasteiger partial charge in [-0.25, -0.2) is 5.48 Å². The quantitative estimate of drug-likeness (QED) is 0.617. The van der Waals surface area contributed by atoms with Crippen LogP contribution in [0.2, 0.25) is 0 Å². The second kappa shape index (κ2) is 8.80. The predicted octanol–water partition coefficient (Wildman–Crippen LogP) is 4.08. The number of rotatable bonds is 7. The van der Waals surface area contributed by atoms with Crippen LogP contribution < -0.4 is 5.48 Å². The average molecular weight is 295 g/mol. The number of amides is 1. The lowest BCUT2D eigenvalue weighted by Gasteiger charge is -2.10. The Hall–Kier alpha value is -2.39. The number of benzene rings is 2. The van der Waals surface area contributed by atoms with Gasteiger partial charge in [0.25, 0.3) is 0 Å². The van der Waals surface area contributed by atoms with Crippen molar-refractivity contribution in [1.29, 1.82) is 0 Å². The highest BCUT2D eigenvalue weighted by Gasteiger charge is 2.04. The summed E-state index contributed by atoms with van der Waals surface area (Å²) >= 11 is 0. The van der Waals surface area contributed by atoms with Gasteiger partial charge in [-0.3, -0.25) is 9.63 Å². The van der Waals surface area contributed by atoms with Crippen molar-refractivity contribution in [2.75, 3.05) is 6.61 Å². The molecule has 1 amide bonds. The van der Waals surface area contributed by atoms with Gasteiger partial charge in [0.05, 0.1) is 0 Å². The number of carbonyl (C=O) groups excluding carboxylic acids is 1. The first-order valence-corrected chi connectivity index (χ1v) is 7.51. The van der Waals surface area contributed by atoms with Gasteiger partial charge in [0.2, 0.25) is 5.91 Å². The summed E-state index contributed by atoms with van der Waals surface area (Å²) in [5, 5.41) is 0. The number of hydrogen-bond donors (Lipinski definition) is 1. The molecule has 0 unspecified atom stereocenters. The monoisotopic (exact) mass is 295 g/mol. The van der Waals surface area contributed by atoms with E-state index in [4.69, 9.17) is 4.84 Å². The Morgan fingerprint density at radius 2 is 1.68 bits per heavy atom. The average Bonchev–Trinajstić information content (AvgIpc) is 2.56. The van der Waals surface area contributed by atoms with Gasteiger partial charge in [0.1, 0.15) is 6.61 Å². The van der Waals surface area contributed by atoms with Crippen LogP contribution in [0.3, 0.4) is 0 Å². The Kier molecular flexibility index (Phi) is 6.39. The lowest BCUT2D eigenvalue weighted by molar-refractivity contribution is -0.132. The van der Waals surface area contributed by atoms with E-state index in [0.29, 0.717) is 13.0 Å². The Balaban J connectivity index is 2.09. The van der Waals surface area contributed by atoms with E-state index in [1.807, 2.05) is 67.6 Å². The van der Waals surface area contributed by atoms with Gasteiger partial charge < -0.3 is 0 Å². The molecule has 0 radical (unpaired) electrons. The molecule has 0 aliphatic rings. The molecular formula is C19H21NO2. The van der Waals surface area contributed by atoms with Crippen molar-refractivity contribution in [3.8, 4) is 0 Å². The third-order valence-corrected chi connectivity index (χ3v) is 3.18. The van der Waals surface area contributed by atoms with Crippen LogP contribution in [0, 0.1) is 0 Å². The molecule has 0 aliphatic heterocycles. The highest BCUT2D eigenvalue weighted by molar-refractivity contribution is 5.82. The van der Waals surface area contributed by atoms with E-state index in [0.717, 1.165) is 23.1 Å². The van der Waals surface area contributed by atoms with Crippen LogP contribution in [0.1, 0.15) is 30.9 Å². The minimum atomic E-state index is -0.0883. The fraction of sp³-hybridized carbons (Fsp3) is 0.211. The van der Waals surface area contributed by atoms with Crippen LogP contribution in [-0.2, 0) is 9.63 Å². The van der Waals surface area contributed by atoms with Crippen molar-refractivity contribution in [2.45, 2.75) is 19.8 Å². The van der Waals surface area contributed by atoms with E-state index in [9.17, 15) is 4.79 Å². The summed E-state index contributed by atoms with van der Waals surface area (Å²) < 4.78 is 0. The van der Waals surface area contributed by atoms with Crippen molar-refractivity contribution >= 4 is 17.6 Å². The summed E-state index contributed by atoms with van der Waals surface area (Å²) in [4.78, 5) is 16.8. The maximum Gasteiger partial charge on any atom is 0.243 e. The van der Waals surface area contributed by atoms with Gasteiger partial charge in [0, 0.05) is 6.42 Å². The van der Waals surface area contributed by atoms with E-state index in [-0.39, 0.29) is 5.91 Å². The number of hydroxylamine groups is 1. The summed E-state index contributed by atoms with van der Waals surface area (Å²) in [6, 6.07) is 20.1. The molecule has 0 saturated carbocycles. The third-order valence-electron chi connectivity index (χ3n) is 3.18. The Morgan fingerprint density at radius 3 is 2.32 bits per heavy atom. The molecular weight excluding hydrogens is 274 g/mol. The van der Waals surface area contributed by atoms with Crippen molar-refractivity contribution < 1.29 is 9.63 Å². The molecule has 3 heteroatoms. The minimum absolute atomic E-state index is 0.0883. The Bertz CT molecular complexity index is 606. The van der Waals surface area contributed by atoms with E-state index in [2.05, 4.69) is 11.6 Å². The minimum Gasteiger partial charge on any atom is -0.273 e. The van der Waals surface area contributed by atoms with Crippen LogP contribution in [-0.4, -0.2) is 12.5 Å². The zero-order valence-corrected chi connectivity index (χ0v) is 12.8. The molecule has 2 rings (SSSR count). The van der Waals surface area contributed by atoms with Gasteiger partial charge in [-0.05, 0) is 29.2 Å². The number of hydrogen-bond acceptors (Lipinski definition) is 2. The Labute approximate surface area is 131 Å². The van der Waals surface area contributed by atoms with Crippen LogP contribution in [0.25, 0.3) is 11.6 Å². The second-order valence-electron chi connectivity index (χ2n) is 5.01. The molecule has 0 saturated heterocycles. The summed E-state index contributed by atoms with van der Waals surface area (Å²) in [5.41, 5.74) is 5.69. The van der Waals surface area contributed by atoms with Crippen LogP contribution in [0.4, 0.5) is 0 Å². The molecule has 0 aliphatic carbocycles. The lowest BCUT2D eigenvalue weighted by atomic mass is 10.0. The zero-order valence-electron chi connectivity index (χ0n) is 12.8. The summed E-state index contributed by atoms with van der Waals surface area (Å²) in [6.45, 7) is 2.29. The molecule has 2 aromatic rings. The van der Waals surface area contributed by atoms with Crippen molar-refractivity contribution in [2.24, 2.45) is 0 Å². The van der Waals surface area contributed by atoms with Crippen molar-refractivity contribution in [3.63, 3.8) is 0 Å². The van der Waals surface area contributed by atoms with E-state index >= 15 is 0 Å². The molecule has 0 aromatic heterocycles. The normalized spacial score (nSPS) is 11.2. The first-order valence-electron chi connectivity index (χ1n) is 7.51. The summed E-state index contributed by atoms with van der Waals surface area (Å²) in [7, 11) is 0. The predicted molar refractivity (Wildman–Crippen MR) is 89.8 cm³/mol. The highest BCUT2D eigenvalue weighted by atomic mass is 16.6. The molecule has 22 heavy (non-hydrogen) atoms. The molecule has 114 valence electrons. The lowest BCUT2D eigenvalue weighted by Crippen LogP contribution is -2.24. The van der Waals surface area contributed by atoms with Crippen molar-refractivity contribution in [3.05, 3.63) is 71.8 Å². The van der Waals surface area contributed by atoms with E-state index in [1.165, 1.54) is 0 Å². The molecule has 0 fully saturated rings. The van der Waals surface area contributed by atoms with Gasteiger partial charge in [-0.2, -0.15) is 0 Å². The fourth-order valence-corrected chi connectivity index (χ4v) is 2.08. The SMILES string of the molecule is CCCC(=O)NOC/C(=C\c1ccccc1)c1ccccc1. The second-order valence-corrected chi connectivity index (χ2v) is 5.01. The van der Waals surface area contributed by atoms with Crippen LogP contribution >= 0.6 is 0 Å². The molecule has 2 aromatic carbocycles. The molecule has 3 nitrogen and oxygen atoms in total. The van der Waals surface area contributed by atoms with Gasteiger partial charge >= 0.3 is 0 Å². The third kappa shape index (κ3) is 5.19. The topological polar surface area (TPSA) is 38.3 Å². The molecule has 0 heterocycles. The standard InChI is InChI=1S/C19H21NO2/c1-2-9-19(21)20-22-15-18(17-12-7-4-8-13-17)14-16-10-5-3-6-11-16/h3-8,10-14H,2,9,15H2,1H3,(H,20,21)/b18-14+. The van der Waals surface area contributed by atoms with Gasteiger partial charge in [-0.15, -0.1) is 0 Å². The van der Waals surface area contributed by atoms with Crippen LogP contribution in [0.5, 0.6) is 0 Å².